The van der Waals surface area contributed by atoms with Crippen LogP contribution in [0.3, 0.4) is 0 Å². The first-order chi connectivity index (χ1) is 14.6. The highest BCUT2D eigenvalue weighted by atomic mass is 32.1. The number of carbonyl (C=O) groups excluding carboxylic acids is 1. The van der Waals surface area contributed by atoms with Gasteiger partial charge in [-0.25, -0.2) is 9.97 Å². The third-order valence-corrected chi connectivity index (χ3v) is 6.27. The zero-order chi connectivity index (χ0) is 20.9. The number of nitrogens with zero attached hydrogens (tertiary/aromatic N) is 3. The number of nitrogens with one attached hydrogen (secondary N) is 2. The largest absolute Gasteiger partial charge is 0.379 e. The van der Waals surface area contributed by atoms with Crippen molar-refractivity contribution < 1.29 is 9.53 Å². The van der Waals surface area contributed by atoms with Crippen molar-refractivity contribution in [3.63, 3.8) is 0 Å². The maximum atomic E-state index is 12.2. The van der Waals surface area contributed by atoms with Crippen LogP contribution in [0.5, 0.6) is 0 Å². The molecular weight excluding hydrogens is 398 g/mol. The van der Waals surface area contributed by atoms with Crippen molar-refractivity contribution >= 4 is 33.4 Å². The molecule has 3 heterocycles. The van der Waals surface area contributed by atoms with Gasteiger partial charge in [-0.15, -0.1) is 11.3 Å². The molecule has 8 heteroatoms. The quantitative estimate of drug-likeness (QED) is 0.605. The van der Waals surface area contributed by atoms with E-state index in [1.807, 2.05) is 31.3 Å². The van der Waals surface area contributed by atoms with Gasteiger partial charge in [-0.1, -0.05) is 6.07 Å². The van der Waals surface area contributed by atoms with E-state index in [4.69, 9.17) is 9.72 Å². The Balaban J connectivity index is 1.49. The molecule has 1 saturated heterocycles. The molecule has 0 spiro atoms. The van der Waals surface area contributed by atoms with Gasteiger partial charge in [0.1, 0.15) is 4.83 Å². The van der Waals surface area contributed by atoms with E-state index >= 15 is 0 Å². The molecule has 30 heavy (non-hydrogen) atoms. The van der Waals surface area contributed by atoms with Gasteiger partial charge in [-0.3, -0.25) is 9.69 Å². The number of anilines is 1. The SMILES string of the molecule is CCNC(=O)c1ccc(C)c(-c2cc3cnc(NCCN4CCOCC4)nc3s2)c1. The van der Waals surface area contributed by atoms with Crippen LogP contribution in [-0.2, 0) is 4.74 Å². The highest BCUT2D eigenvalue weighted by Crippen LogP contribution is 2.34. The number of morpholine rings is 1. The van der Waals surface area contributed by atoms with E-state index in [0.717, 1.165) is 65.6 Å². The van der Waals surface area contributed by atoms with Crippen LogP contribution in [0.15, 0.2) is 30.5 Å². The van der Waals surface area contributed by atoms with Gasteiger partial charge in [0.2, 0.25) is 5.95 Å². The second kappa shape index (κ2) is 9.51. The Bertz CT molecular complexity index is 1030. The van der Waals surface area contributed by atoms with Crippen LogP contribution in [0, 0.1) is 6.92 Å². The number of thiophene rings is 1. The normalized spacial score (nSPS) is 14.7. The number of hydrogen-bond acceptors (Lipinski definition) is 7. The van der Waals surface area contributed by atoms with E-state index in [1.54, 1.807) is 11.3 Å². The molecule has 1 aliphatic rings. The average Bonchev–Trinajstić information content (AvgIpc) is 3.18. The topological polar surface area (TPSA) is 79.4 Å². The summed E-state index contributed by atoms with van der Waals surface area (Å²) in [5.41, 5.74) is 2.86. The Morgan fingerprint density at radius 1 is 1.27 bits per heavy atom. The number of amides is 1. The summed E-state index contributed by atoms with van der Waals surface area (Å²) < 4.78 is 5.38. The highest BCUT2D eigenvalue weighted by Gasteiger charge is 2.13. The van der Waals surface area contributed by atoms with Crippen molar-refractivity contribution in [1.29, 1.82) is 0 Å². The zero-order valence-corrected chi connectivity index (χ0v) is 18.2. The van der Waals surface area contributed by atoms with Gasteiger partial charge < -0.3 is 15.4 Å². The lowest BCUT2D eigenvalue weighted by atomic mass is 10.0. The lowest BCUT2D eigenvalue weighted by molar-refractivity contribution is 0.0398. The van der Waals surface area contributed by atoms with Crippen LogP contribution in [0.4, 0.5) is 5.95 Å². The summed E-state index contributed by atoms with van der Waals surface area (Å²) in [6, 6.07) is 7.92. The van der Waals surface area contributed by atoms with Crippen LogP contribution in [-0.4, -0.2) is 66.7 Å². The van der Waals surface area contributed by atoms with Crippen LogP contribution in [0.2, 0.25) is 0 Å². The maximum Gasteiger partial charge on any atom is 0.251 e. The molecule has 2 aromatic heterocycles. The van der Waals surface area contributed by atoms with Gasteiger partial charge in [-0.05, 0) is 43.2 Å². The molecule has 0 saturated carbocycles. The summed E-state index contributed by atoms with van der Waals surface area (Å²) >= 11 is 1.62. The molecule has 4 rings (SSSR count). The summed E-state index contributed by atoms with van der Waals surface area (Å²) in [5.74, 6) is 0.600. The molecule has 1 aliphatic heterocycles. The lowest BCUT2D eigenvalue weighted by Gasteiger charge is -2.26. The first kappa shape index (κ1) is 20.7. The Kier molecular flexibility index (Phi) is 6.56. The highest BCUT2D eigenvalue weighted by molar-refractivity contribution is 7.21. The van der Waals surface area contributed by atoms with Crippen molar-refractivity contribution in [2.45, 2.75) is 13.8 Å². The fraction of sp³-hybridized carbons (Fsp3) is 0.409. The van der Waals surface area contributed by atoms with E-state index in [0.29, 0.717) is 18.1 Å². The molecule has 0 radical (unpaired) electrons. The number of benzene rings is 1. The van der Waals surface area contributed by atoms with Crippen molar-refractivity contribution in [1.82, 2.24) is 20.2 Å². The molecule has 0 atom stereocenters. The molecule has 1 amide bonds. The van der Waals surface area contributed by atoms with Crippen molar-refractivity contribution in [3.05, 3.63) is 41.6 Å². The summed E-state index contributed by atoms with van der Waals surface area (Å²) in [4.78, 5) is 25.8. The monoisotopic (exact) mass is 425 g/mol. The number of carbonyl (C=O) groups is 1. The van der Waals surface area contributed by atoms with Crippen molar-refractivity contribution in [2.75, 3.05) is 51.3 Å². The van der Waals surface area contributed by atoms with Crippen LogP contribution >= 0.6 is 11.3 Å². The summed E-state index contributed by atoms with van der Waals surface area (Å²) in [6.45, 7) is 9.92. The smallest absolute Gasteiger partial charge is 0.251 e. The molecule has 1 fully saturated rings. The predicted molar refractivity (Wildman–Crippen MR) is 121 cm³/mol. The number of rotatable bonds is 7. The van der Waals surface area contributed by atoms with E-state index in [-0.39, 0.29) is 5.91 Å². The molecule has 0 unspecified atom stereocenters. The number of hydrogen-bond donors (Lipinski definition) is 2. The molecule has 0 bridgehead atoms. The van der Waals surface area contributed by atoms with Crippen LogP contribution in [0.25, 0.3) is 20.7 Å². The minimum absolute atomic E-state index is 0.0496. The molecule has 1 aromatic carbocycles. The maximum absolute atomic E-state index is 12.2. The molecule has 0 aliphatic carbocycles. The molecule has 158 valence electrons. The Labute approximate surface area is 180 Å². The van der Waals surface area contributed by atoms with Gasteiger partial charge >= 0.3 is 0 Å². The van der Waals surface area contributed by atoms with Gasteiger partial charge in [0, 0.05) is 54.7 Å². The first-order valence-corrected chi connectivity index (χ1v) is 11.2. The fourth-order valence-corrected chi connectivity index (χ4v) is 4.58. The van der Waals surface area contributed by atoms with Gasteiger partial charge in [-0.2, -0.15) is 0 Å². The minimum Gasteiger partial charge on any atom is -0.379 e. The third-order valence-electron chi connectivity index (χ3n) is 5.19. The number of aryl methyl sites for hydroxylation is 1. The first-order valence-electron chi connectivity index (χ1n) is 10.3. The number of fused-ring (bicyclic) bond motifs is 1. The van der Waals surface area contributed by atoms with Gasteiger partial charge in [0.05, 0.1) is 13.2 Å². The average molecular weight is 426 g/mol. The fourth-order valence-electron chi connectivity index (χ4n) is 3.49. The Hall–Kier alpha value is -2.55. The van der Waals surface area contributed by atoms with Crippen molar-refractivity contribution in [2.24, 2.45) is 0 Å². The van der Waals surface area contributed by atoms with E-state index in [1.165, 1.54) is 0 Å². The second-order valence-corrected chi connectivity index (χ2v) is 8.37. The Morgan fingerprint density at radius 3 is 2.90 bits per heavy atom. The van der Waals surface area contributed by atoms with Crippen LogP contribution in [0.1, 0.15) is 22.8 Å². The lowest BCUT2D eigenvalue weighted by Crippen LogP contribution is -2.39. The van der Waals surface area contributed by atoms with E-state index < -0.39 is 0 Å². The second-order valence-electron chi connectivity index (χ2n) is 7.33. The number of aromatic nitrogens is 2. The number of ether oxygens (including phenoxy) is 1. The third kappa shape index (κ3) is 4.77. The molecular formula is C22H27N5O2S. The minimum atomic E-state index is -0.0496. The molecule has 3 aromatic rings. The van der Waals surface area contributed by atoms with Gasteiger partial charge in [0.25, 0.3) is 5.91 Å². The summed E-state index contributed by atoms with van der Waals surface area (Å²) in [7, 11) is 0. The van der Waals surface area contributed by atoms with E-state index in [9.17, 15) is 4.79 Å². The summed E-state index contributed by atoms with van der Waals surface area (Å²) in [6.07, 6.45) is 1.86. The summed E-state index contributed by atoms with van der Waals surface area (Å²) in [5, 5.41) is 7.20. The van der Waals surface area contributed by atoms with Crippen LogP contribution < -0.4 is 10.6 Å². The van der Waals surface area contributed by atoms with Crippen molar-refractivity contribution in [3.8, 4) is 10.4 Å². The van der Waals surface area contributed by atoms with Gasteiger partial charge in [0.15, 0.2) is 0 Å². The predicted octanol–water partition coefficient (Wildman–Crippen LogP) is 3.16. The Morgan fingerprint density at radius 2 is 2.10 bits per heavy atom. The zero-order valence-electron chi connectivity index (χ0n) is 17.4. The van der Waals surface area contributed by atoms with E-state index in [2.05, 4.69) is 33.5 Å². The standard InChI is InChI=1S/C22H27N5O2S/c1-3-23-20(28)16-5-4-15(2)18(12-16)19-13-17-14-25-22(26-21(17)30-19)24-6-7-27-8-10-29-11-9-27/h4-5,12-14H,3,6-11H2,1-2H3,(H,23,28)(H,24,25,26). The molecule has 7 nitrogen and oxygen atoms in total. The molecule has 2 N–H and O–H groups in total.